The SMILES string of the molecule is CC(C)C1CCN(C(=O)[C@@H](NC(=O)N[C@H](C(=O)OC(C)(C)C)C(C)C)C(C)(C)C)[C@@H]1C(=O)NC(CC1CC1)C(=O)C(N)=O. The molecule has 0 aromatic heterocycles. The van der Waals surface area contributed by atoms with E-state index in [1.807, 2.05) is 13.8 Å². The Hall–Kier alpha value is -3.18. The van der Waals surface area contributed by atoms with Crippen molar-refractivity contribution in [1.29, 1.82) is 0 Å². The van der Waals surface area contributed by atoms with Crippen LogP contribution in [-0.2, 0) is 28.7 Å². The van der Waals surface area contributed by atoms with Gasteiger partial charge >= 0.3 is 12.0 Å². The summed E-state index contributed by atoms with van der Waals surface area (Å²) in [5.41, 5.74) is 3.76. The quantitative estimate of drug-likeness (QED) is 0.194. The van der Waals surface area contributed by atoms with Gasteiger partial charge in [0, 0.05) is 6.54 Å². The second-order valence-electron chi connectivity index (χ2n) is 14.8. The number of primary amides is 1. The van der Waals surface area contributed by atoms with Crippen LogP contribution in [0.4, 0.5) is 4.79 Å². The number of urea groups is 1. The lowest BCUT2D eigenvalue weighted by Gasteiger charge is -2.37. The molecule has 0 aromatic carbocycles. The second kappa shape index (κ2) is 14.1. The summed E-state index contributed by atoms with van der Waals surface area (Å²) in [5, 5.41) is 8.15. The van der Waals surface area contributed by atoms with Crippen LogP contribution in [0.25, 0.3) is 0 Å². The maximum atomic E-state index is 14.1. The first-order chi connectivity index (χ1) is 19.6. The maximum Gasteiger partial charge on any atom is 0.329 e. The molecule has 1 aliphatic heterocycles. The second-order valence-corrected chi connectivity index (χ2v) is 14.8. The third kappa shape index (κ3) is 10.2. The van der Waals surface area contributed by atoms with Gasteiger partial charge in [-0.3, -0.25) is 19.2 Å². The fraction of sp³-hybridized carbons (Fsp3) is 0.806. The van der Waals surface area contributed by atoms with Crippen LogP contribution in [0.3, 0.4) is 0 Å². The summed E-state index contributed by atoms with van der Waals surface area (Å²) in [6.07, 6.45) is 2.69. The maximum absolute atomic E-state index is 14.1. The number of ether oxygens (including phenoxy) is 1. The zero-order valence-corrected chi connectivity index (χ0v) is 27.5. The van der Waals surface area contributed by atoms with Gasteiger partial charge in [0.1, 0.15) is 23.7 Å². The first-order valence-electron chi connectivity index (χ1n) is 15.4. The van der Waals surface area contributed by atoms with Gasteiger partial charge in [0.25, 0.3) is 5.91 Å². The molecule has 2 fully saturated rings. The molecular weight excluding hydrogens is 554 g/mol. The fourth-order valence-corrected chi connectivity index (χ4v) is 5.44. The molecule has 5 amide bonds. The molecule has 0 radical (unpaired) electrons. The molecule has 0 aromatic rings. The Labute approximate surface area is 256 Å². The number of amides is 5. The van der Waals surface area contributed by atoms with Crippen LogP contribution in [0.1, 0.15) is 94.9 Å². The summed E-state index contributed by atoms with van der Waals surface area (Å²) >= 11 is 0. The Kier molecular flexibility index (Phi) is 11.8. The molecule has 1 saturated carbocycles. The predicted molar refractivity (Wildman–Crippen MR) is 161 cm³/mol. The Balaban J connectivity index is 2.30. The molecule has 12 nitrogen and oxygen atoms in total. The zero-order valence-electron chi connectivity index (χ0n) is 27.5. The number of ketones is 1. The number of hydrogen-bond acceptors (Lipinski definition) is 7. The van der Waals surface area contributed by atoms with Crippen LogP contribution < -0.4 is 21.7 Å². The smallest absolute Gasteiger partial charge is 0.329 e. The van der Waals surface area contributed by atoms with Crippen molar-refractivity contribution in [1.82, 2.24) is 20.9 Å². The number of carbonyl (C=O) groups excluding carboxylic acids is 6. The molecule has 244 valence electrons. The first-order valence-corrected chi connectivity index (χ1v) is 15.4. The predicted octanol–water partition coefficient (Wildman–Crippen LogP) is 2.28. The summed E-state index contributed by atoms with van der Waals surface area (Å²) in [6.45, 7) is 18.4. The molecule has 1 aliphatic carbocycles. The lowest BCUT2D eigenvalue weighted by atomic mass is 9.84. The third-order valence-electron chi connectivity index (χ3n) is 8.00. The van der Waals surface area contributed by atoms with Crippen molar-refractivity contribution >= 4 is 35.5 Å². The standard InChI is InChI=1S/C31H53N5O7/c1-16(2)19-13-14-36(22(19)26(39)33-20(15-18-11-12-18)23(37)25(32)38)27(40)24(30(5,6)7)35-29(42)34-21(17(3)4)28(41)43-31(8,9)10/h16-22,24H,11-15H2,1-10H3,(H2,32,38)(H,33,39)(H2,34,35,42)/t19?,20?,21-,22-,24+/m0/s1. The van der Waals surface area contributed by atoms with Crippen LogP contribution in [0.5, 0.6) is 0 Å². The molecule has 2 unspecified atom stereocenters. The molecule has 5 N–H and O–H groups in total. The minimum atomic E-state index is -1.11. The largest absolute Gasteiger partial charge is 0.458 e. The molecule has 2 rings (SSSR count). The average Bonchev–Trinajstić information content (AvgIpc) is 3.55. The van der Waals surface area contributed by atoms with Crippen molar-refractivity contribution in [2.45, 2.75) is 125 Å². The number of likely N-dealkylation sites (tertiary alicyclic amines) is 1. The third-order valence-corrected chi connectivity index (χ3v) is 8.00. The van der Waals surface area contributed by atoms with Gasteiger partial charge in [0.2, 0.25) is 17.6 Å². The summed E-state index contributed by atoms with van der Waals surface area (Å²) in [7, 11) is 0. The van der Waals surface area contributed by atoms with E-state index in [1.54, 1.807) is 55.4 Å². The number of carbonyl (C=O) groups is 6. The van der Waals surface area contributed by atoms with Gasteiger partial charge in [0.15, 0.2) is 0 Å². The van der Waals surface area contributed by atoms with Crippen molar-refractivity contribution in [3.8, 4) is 0 Å². The van der Waals surface area contributed by atoms with Crippen LogP contribution in [0.2, 0.25) is 0 Å². The average molecular weight is 608 g/mol. The van der Waals surface area contributed by atoms with Crippen molar-refractivity contribution in [2.75, 3.05) is 6.54 Å². The van der Waals surface area contributed by atoms with Crippen molar-refractivity contribution < 1.29 is 33.5 Å². The van der Waals surface area contributed by atoms with Crippen LogP contribution >= 0.6 is 0 Å². The Bertz CT molecular complexity index is 1070. The highest BCUT2D eigenvalue weighted by molar-refractivity contribution is 6.37. The molecule has 0 bridgehead atoms. The Morgan fingerprint density at radius 3 is 1.91 bits per heavy atom. The molecule has 1 saturated heterocycles. The highest BCUT2D eigenvalue weighted by Gasteiger charge is 2.48. The number of nitrogens with zero attached hydrogens (tertiary/aromatic N) is 1. The number of nitrogens with two attached hydrogens (primary N) is 1. The van der Waals surface area contributed by atoms with Gasteiger partial charge in [0.05, 0.1) is 6.04 Å². The van der Waals surface area contributed by atoms with Crippen molar-refractivity contribution in [3.05, 3.63) is 0 Å². The number of Topliss-reactive ketones (excluding diaryl/α,β-unsaturated/α-hetero) is 1. The molecule has 12 heteroatoms. The van der Waals surface area contributed by atoms with Gasteiger partial charge in [-0.2, -0.15) is 0 Å². The van der Waals surface area contributed by atoms with Crippen molar-refractivity contribution in [2.24, 2.45) is 34.8 Å². The Morgan fingerprint density at radius 1 is 0.884 bits per heavy atom. The molecule has 0 spiro atoms. The van der Waals surface area contributed by atoms with E-state index < -0.39 is 70.7 Å². The molecule has 43 heavy (non-hydrogen) atoms. The van der Waals surface area contributed by atoms with E-state index in [4.69, 9.17) is 10.5 Å². The summed E-state index contributed by atoms with van der Waals surface area (Å²) in [5.74, 6) is -3.75. The molecule has 5 atom stereocenters. The van der Waals surface area contributed by atoms with Crippen LogP contribution in [-0.4, -0.2) is 76.7 Å². The fourth-order valence-electron chi connectivity index (χ4n) is 5.44. The summed E-state index contributed by atoms with van der Waals surface area (Å²) in [4.78, 5) is 79.6. The van der Waals surface area contributed by atoms with E-state index in [0.717, 1.165) is 12.8 Å². The van der Waals surface area contributed by atoms with Gasteiger partial charge in [-0.05, 0) is 62.7 Å². The highest BCUT2D eigenvalue weighted by atomic mass is 16.6. The topological polar surface area (TPSA) is 177 Å². The molecule has 1 heterocycles. The van der Waals surface area contributed by atoms with E-state index in [0.29, 0.717) is 12.8 Å². The van der Waals surface area contributed by atoms with E-state index >= 15 is 0 Å². The number of rotatable bonds is 12. The van der Waals surface area contributed by atoms with Crippen molar-refractivity contribution in [3.63, 3.8) is 0 Å². The number of esters is 1. The van der Waals surface area contributed by atoms with E-state index in [1.165, 1.54) is 4.90 Å². The van der Waals surface area contributed by atoms with Gasteiger partial charge in [-0.15, -0.1) is 0 Å². The minimum absolute atomic E-state index is 0.0345. The lowest BCUT2D eigenvalue weighted by molar-refractivity contribution is -0.158. The minimum Gasteiger partial charge on any atom is -0.458 e. The molecule has 2 aliphatic rings. The number of nitrogens with one attached hydrogen (secondary N) is 3. The first kappa shape index (κ1) is 36.0. The zero-order chi connectivity index (χ0) is 33.0. The van der Waals surface area contributed by atoms with Crippen LogP contribution in [0.15, 0.2) is 0 Å². The van der Waals surface area contributed by atoms with Gasteiger partial charge < -0.3 is 31.3 Å². The molecular formula is C31H53N5O7. The van der Waals surface area contributed by atoms with E-state index in [2.05, 4.69) is 16.0 Å². The summed E-state index contributed by atoms with van der Waals surface area (Å²) < 4.78 is 5.47. The van der Waals surface area contributed by atoms with E-state index in [-0.39, 0.29) is 30.2 Å². The monoisotopic (exact) mass is 607 g/mol. The Morgan fingerprint density at radius 2 is 1.47 bits per heavy atom. The number of hydrogen-bond donors (Lipinski definition) is 4. The highest BCUT2D eigenvalue weighted by Crippen LogP contribution is 2.35. The van der Waals surface area contributed by atoms with E-state index in [9.17, 15) is 28.8 Å². The normalized spacial score (nSPS) is 21.2. The van der Waals surface area contributed by atoms with Gasteiger partial charge in [-0.25, -0.2) is 9.59 Å². The summed E-state index contributed by atoms with van der Waals surface area (Å²) in [6, 6.07) is -4.66. The van der Waals surface area contributed by atoms with Crippen LogP contribution in [0, 0.1) is 29.1 Å². The lowest BCUT2D eigenvalue weighted by Crippen LogP contribution is -2.62. The van der Waals surface area contributed by atoms with Gasteiger partial charge in [-0.1, -0.05) is 61.3 Å².